The van der Waals surface area contributed by atoms with Crippen molar-refractivity contribution in [1.29, 1.82) is 0 Å². The van der Waals surface area contributed by atoms with Gasteiger partial charge in [-0.05, 0) is 26.3 Å². The lowest BCUT2D eigenvalue weighted by Crippen LogP contribution is -2.37. The van der Waals surface area contributed by atoms with Crippen molar-refractivity contribution < 1.29 is 4.79 Å². The van der Waals surface area contributed by atoms with Crippen LogP contribution in [-0.4, -0.2) is 10.9 Å². The Bertz CT molecular complexity index is 170. The maximum Gasteiger partial charge on any atom is 0.245 e. The lowest BCUT2D eigenvalue weighted by Gasteiger charge is -2.15. The first kappa shape index (κ1) is 11.5. The Morgan fingerprint density at radius 3 is 2.58 bits per heavy atom. The molecule has 0 aliphatic rings. The van der Waals surface area contributed by atoms with Gasteiger partial charge in [-0.3, -0.25) is 4.79 Å². The molecule has 0 aliphatic heterocycles. The number of allylic oxidation sites excluding steroid dienone is 1. The van der Waals surface area contributed by atoms with E-state index < -0.39 is 5.00 Å². The molecule has 0 aromatic rings. The van der Waals surface area contributed by atoms with E-state index in [2.05, 4.69) is 12.2 Å². The minimum Gasteiger partial charge on any atom is -0.334 e. The highest BCUT2D eigenvalue weighted by molar-refractivity contribution is 6.24. The van der Waals surface area contributed by atoms with Crippen molar-refractivity contribution >= 4 is 17.5 Å². The van der Waals surface area contributed by atoms with Crippen LogP contribution in [0.4, 0.5) is 0 Å². The molecule has 70 valence electrons. The molecule has 0 spiro atoms. The van der Waals surface area contributed by atoms with E-state index in [1.54, 1.807) is 13.8 Å². The van der Waals surface area contributed by atoms with Crippen LogP contribution < -0.4 is 5.32 Å². The molecule has 0 aromatic carbocycles. The van der Waals surface area contributed by atoms with Gasteiger partial charge in [0.05, 0.1) is 0 Å². The summed E-state index contributed by atoms with van der Waals surface area (Å²) in [5.74, 6) is -0.136. The Morgan fingerprint density at radius 2 is 2.17 bits per heavy atom. The summed E-state index contributed by atoms with van der Waals surface area (Å²) in [5.41, 5.74) is 0. The van der Waals surface area contributed by atoms with E-state index in [9.17, 15) is 4.79 Å². The normalized spacial score (nSPS) is 12.0. The van der Waals surface area contributed by atoms with E-state index in [1.165, 1.54) is 6.08 Å². The van der Waals surface area contributed by atoms with Crippen molar-refractivity contribution in [3.8, 4) is 0 Å². The van der Waals surface area contributed by atoms with Crippen LogP contribution in [0.3, 0.4) is 0 Å². The number of unbranched alkanes of at least 4 members (excludes halogenated alkanes) is 1. The largest absolute Gasteiger partial charge is 0.334 e. The van der Waals surface area contributed by atoms with Gasteiger partial charge in [0.25, 0.3) is 0 Å². The molecule has 3 heteroatoms. The first-order chi connectivity index (χ1) is 5.45. The number of carbonyl (C=O) groups is 1. The summed E-state index contributed by atoms with van der Waals surface area (Å²) < 4.78 is 0. The molecule has 1 N–H and O–H groups in total. The fourth-order valence-corrected chi connectivity index (χ4v) is 0.785. The molecule has 12 heavy (non-hydrogen) atoms. The van der Waals surface area contributed by atoms with Crippen LogP contribution in [0.25, 0.3) is 0 Å². The first-order valence-corrected chi connectivity index (χ1v) is 4.51. The van der Waals surface area contributed by atoms with Crippen molar-refractivity contribution in [2.45, 2.75) is 38.6 Å². The van der Waals surface area contributed by atoms with Crippen LogP contribution in [0.2, 0.25) is 0 Å². The highest BCUT2D eigenvalue weighted by Crippen LogP contribution is 2.06. The lowest BCUT2D eigenvalue weighted by atomic mass is 10.3. The molecule has 0 saturated carbocycles. The van der Waals surface area contributed by atoms with Gasteiger partial charge in [-0.15, -0.1) is 0 Å². The second kappa shape index (κ2) is 5.20. The number of alkyl halides is 1. The summed E-state index contributed by atoms with van der Waals surface area (Å²) in [7, 11) is 0. The number of rotatable bonds is 4. The Balaban J connectivity index is 3.75. The number of hydrogen-bond donors (Lipinski definition) is 1. The maximum absolute atomic E-state index is 11.1. The van der Waals surface area contributed by atoms with E-state index in [0.29, 0.717) is 0 Å². The third-order valence-corrected chi connectivity index (χ3v) is 1.24. The van der Waals surface area contributed by atoms with Crippen LogP contribution in [0, 0.1) is 0 Å². The van der Waals surface area contributed by atoms with Crippen molar-refractivity contribution in [3.05, 3.63) is 12.2 Å². The van der Waals surface area contributed by atoms with E-state index in [-0.39, 0.29) is 5.91 Å². The number of amides is 1. The molecule has 0 bridgehead atoms. The monoisotopic (exact) mass is 189 g/mol. The molecule has 0 radical (unpaired) electrons. The maximum atomic E-state index is 11.1. The fourth-order valence-electron chi connectivity index (χ4n) is 0.692. The average molecular weight is 190 g/mol. The zero-order valence-corrected chi connectivity index (χ0v) is 8.61. The minimum absolute atomic E-state index is 0.136. The van der Waals surface area contributed by atoms with Gasteiger partial charge in [0, 0.05) is 0 Å². The van der Waals surface area contributed by atoms with Gasteiger partial charge < -0.3 is 5.32 Å². The van der Waals surface area contributed by atoms with Gasteiger partial charge in [0.15, 0.2) is 0 Å². The Hall–Kier alpha value is -0.500. The summed E-state index contributed by atoms with van der Waals surface area (Å²) in [6.45, 7) is 5.54. The third-order valence-electron chi connectivity index (χ3n) is 1.15. The quantitative estimate of drug-likeness (QED) is 0.411. The molecule has 0 aliphatic carbocycles. The van der Waals surface area contributed by atoms with Crippen molar-refractivity contribution in [2.24, 2.45) is 0 Å². The molecular weight excluding hydrogens is 174 g/mol. The van der Waals surface area contributed by atoms with Gasteiger partial charge in [-0.1, -0.05) is 31.0 Å². The molecule has 0 rings (SSSR count). The molecule has 0 saturated heterocycles. The summed E-state index contributed by atoms with van der Waals surface area (Å²) in [5, 5.41) is 2.62. The van der Waals surface area contributed by atoms with Gasteiger partial charge in [0.2, 0.25) is 5.91 Å². The highest BCUT2D eigenvalue weighted by Gasteiger charge is 2.13. The molecule has 2 nitrogen and oxygen atoms in total. The first-order valence-electron chi connectivity index (χ1n) is 4.13. The molecular formula is C9H16ClNO. The van der Waals surface area contributed by atoms with E-state index >= 15 is 0 Å². The Labute approximate surface area is 79.0 Å². The molecule has 0 unspecified atom stereocenters. The lowest BCUT2D eigenvalue weighted by molar-refractivity contribution is -0.117. The standard InChI is InChI=1S/C9H16ClNO/c1-4-5-6-7-8(12)11-9(2,3)10/h6-7H,4-5H2,1-3H3,(H,11,12). The van der Waals surface area contributed by atoms with Crippen LogP contribution in [0.5, 0.6) is 0 Å². The van der Waals surface area contributed by atoms with Crippen LogP contribution in [0.15, 0.2) is 12.2 Å². The van der Waals surface area contributed by atoms with Crippen LogP contribution in [-0.2, 0) is 4.79 Å². The van der Waals surface area contributed by atoms with Gasteiger partial charge in [-0.25, -0.2) is 0 Å². The average Bonchev–Trinajstić information content (AvgIpc) is 1.84. The van der Waals surface area contributed by atoms with Crippen LogP contribution in [0.1, 0.15) is 33.6 Å². The topological polar surface area (TPSA) is 29.1 Å². The molecule has 1 amide bonds. The number of halogens is 1. The molecule has 0 heterocycles. The second-order valence-electron chi connectivity index (χ2n) is 3.15. The van der Waals surface area contributed by atoms with Crippen molar-refractivity contribution in [1.82, 2.24) is 5.32 Å². The number of nitrogens with one attached hydrogen (secondary N) is 1. The number of hydrogen-bond acceptors (Lipinski definition) is 1. The molecule has 0 aromatic heterocycles. The molecule has 0 fully saturated rings. The summed E-state index contributed by atoms with van der Waals surface area (Å²) >= 11 is 5.77. The Kier molecular flexibility index (Phi) is 4.98. The van der Waals surface area contributed by atoms with Crippen molar-refractivity contribution in [3.63, 3.8) is 0 Å². The van der Waals surface area contributed by atoms with Gasteiger partial charge in [-0.2, -0.15) is 0 Å². The number of carbonyl (C=O) groups excluding carboxylic acids is 1. The summed E-state index contributed by atoms with van der Waals surface area (Å²) in [6, 6.07) is 0. The molecule has 0 atom stereocenters. The van der Waals surface area contributed by atoms with Crippen LogP contribution >= 0.6 is 11.6 Å². The third kappa shape index (κ3) is 7.61. The second-order valence-corrected chi connectivity index (χ2v) is 4.10. The fraction of sp³-hybridized carbons (Fsp3) is 0.667. The van der Waals surface area contributed by atoms with E-state index in [4.69, 9.17) is 11.6 Å². The zero-order chi connectivity index (χ0) is 9.61. The highest BCUT2D eigenvalue weighted by atomic mass is 35.5. The SMILES string of the molecule is CCCC=CC(=O)NC(C)(C)Cl. The predicted octanol–water partition coefficient (Wildman–Crippen LogP) is 2.43. The van der Waals surface area contributed by atoms with E-state index in [0.717, 1.165) is 12.8 Å². The smallest absolute Gasteiger partial charge is 0.245 e. The Morgan fingerprint density at radius 1 is 1.58 bits per heavy atom. The summed E-state index contributed by atoms with van der Waals surface area (Å²) in [6.07, 6.45) is 5.34. The zero-order valence-electron chi connectivity index (χ0n) is 7.86. The van der Waals surface area contributed by atoms with E-state index in [1.807, 2.05) is 6.08 Å². The summed E-state index contributed by atoms with van der Waals surface area (Å²) in [4.78, 5) is 10.4. The van der Waals surface area contributed by atoms with Gasteiger partial charge >= 0.3 is 0 Å². The van der Waals surface area contributed by atoms with Gasteiger partial charge in [0.1, 0.15) is 5.00 Å². The minimum atomic E-state index is -0.659. The predicted molar refractivity (Wildman–Crippen MR) is 52.1 cm³/mol. The van der Waals surface area contributed by atoms with Crippen molar-refractivity contribution in [2.75, 3.05) is 0 Å².